The minimum atomic E-state index is 0.00749. The van der Waals surface area contributed by atoms with Crippen LogP contribution in [0, 0.1) is 0 Å². The summed E-state index contributed by atoms with van der Waals surface area (Å²) in [5.74, 6) is 1.74. The number of anilines is 2. The van der Waals surface area contributed by atoms with Crippen LogP contribution in [0.4, 0.5) is 11.5 Å². The molecule has 1 amide bonds. The normalized spacial score (nSPS) is 16.2. The van der Waals surface area contributed by atoms with Crippen molar-refractivity contribution < 1.29 is 14.6 Å². The summed E-state index contributed by atoms with van der Waals surface area (Å²) in [7, 11) is 0. The van der Waals surface area contributed by atoms with Crippen molar-refractivity contribution in [3.05, 3.63) is 66.4 Å². The fraction of sp³-hybridized carbons (Fsp3) is 0.414. The lowest BCUT2D eigenvalue weighted by molar-refractivity contribution is -0.106. The molecule has 3 aromatic rings. The van der Waals surface area contributed by atoms with Gasteiger partial charge in [0.1, 0.15) is 5.82 Å². The highest BCUT2D eigenvalue weighted by atomic mass is 32.2. The molecule has 38 heavy (non-hydrogen) atoms. The lowest BCUT2D eigenvalue weighted by Crippen LogP contribution is -2.37. The molecule has 1 aliphatic carbocycles. The average molecular weight is 538 g/mol. The second-order valence-corrected chi connectivity index (χ2v) is 10.3. The van der Waals surface area contributed by atoms with Gasteiger partial charge in [0, 0.05) is 41.3 Å². The van der Waals surface area contributed by atoms with Crippen molar-refractivity contribution in [3.8, 4) is 11.4 Å². The summed E-state index contributed by atoms with van der Waals surface area (Å²) in [6.07, 6.45) is 2.49. The van der Waals surface area contributed by atoms with Crippen molar-refractivity contribution in [3.63, 3.8) is 0 Å². The van der Waals surface area contributed by atoms with Gasteiger partial charge in [-0.2, -0.15) is 0 Å². The molecule has 0 bridgehead atoms. The molecule has 2 fully saturated rings. The van der Waals surface area contributed by atoms with Crippen molar-refractivity contribution in [2.75, 3.05) is 43.1 Å². The standard InChI is InChI=1S/C26H30N4O2S.C2H6.CH3NO/c1-19(18-31)27-21-9-7-20(8-10-21)25-28-23(17-24(29-25)30-13-15-32-16-14-30)26(11-12-26)33-22-5-3-2-4-6-22;1-2;2-1-3/h2-10,17,19,27,31H,11-16,18H2,1H3;1-2H3;1H,(H2,2,3)/t19-;;/m1../s1. The number of thioether (sulfide) groups is 1. The zero-order valence-corrected chi connectivity index (χ0v) is 23.3. The van der Waals surface area contributed by atoms with Crippen molar-refractivity contribution >= 4 is 29.7 Å². The fourth-order valence-corrected chi connectivity index (χ4v) is 5.29. The lowest BCUT2D eigenvalue weighted by Gasteiger charge is -2.29. The van der Waals surface area contributed by atoms with E-state index in [1.807, 2.05) is 44.7 Å². The van der Waals surface area contributed by atoms with Crippen molar-refractivity contribution in [1.82, 2.24) is 9.97 Å². The number of ether oxygens (including phenoxy) is 1. The summed E-state index contributed by atoms with van der Waals surface area (Å²) >= 11 is 1.91. The van der Waals surface area contributed by atoms with Gasteiger partial charge in [-0.25, -0.2) is 9.97 Å². The highest BCUT2D eigenvalue weighted by molar-refractivity contribution is 8.00. The monoisotopic (exact) mass is 537 g/mol. The van der Waals surface area contributed by atoms with E-state index < -0.39 is 0 Å². The van der Waals surface area contributed by atoms with E-state index in [2.05, 4.69) is 64.5 Å². The summed E-state index contributed by atoms with van der Waals surface area (Å²) in [6.45, 7) is 9.18. The molecule has 1 atom stereocenters. The Morgan fingerprint density at radius 1 is 1.11 bits per heavy atom. The van der Waals surface area contributed by atoms with E-state index in [0.717, 1.165) is 67.7 Å². The van der Waals surface area contributed by atoms with Crippen molar-refractivity contribution in [1.29, 1.82) is 0 Å². The Labute approximate surface area is 230 Å². The van der Waals surface area contributed by atoms with E-state index in [0.29, 0.717) is 0 Å². The molecule has 5 rings (SSSR count). The number of amides is 1. The van der Waals surface area contributed by atoms with Gasteiger partial charge < -0.3 is 25.8 Å². The third kappa shape index (κ3) is 7.93. The number of primary amides is 1. The van der Waals surface area contributed by atoms with Gasteiger partial charge in [0.25, 0.3) is 0 Å². The molecule has 204 valence electrons. The van der Waals surface area contributed by atoms with Gasteiger partial charge >= 0.3 is 0 Å². The smallest absolute Gasteiger partial charge is 0.204 e. The summed E-state index contributed by atoms with van der Waals surface area (Å²) in [4.78, 5) is 22.2. The molecule has 0 spiro atoms. The van der Waals surface area contributed by atoms with E-state index in [1.165, 1.54) is 4.90 Å². The molecule has 1 saturated heterocycles. The van der Waals surface area contributed by atoms with Crippen LogP contribution in [-0.4, -0.2) is 60.4 Å². The van der Waals surface area contributed by atoms with E-state index in [1.54, 1.807) is 0 Å². The Hall–Kier alpha value is -3.14. The van der Waals surface area contributed by atoms with Crippen LogP contribution in [0.5, 0.6) is 0 Å². The summed E-state index contributed by atoms with van der Waals surface area (Å²) in [5, 5.41) is 12.6. The minimum Gasteiger partial charge on any atom is -0.394 e. The summed E-state index contributed by atoms with van der Waals surface area (Å²) in [6, 6.07) is 21.0. The molecule has 0 unspecified atom stereocenters. The van der Waals surface area contributed by atoms with E-state index in [9.17, 15) is 5.11 Å². The molecule has 2 aliphatic rings. The van der Waals surface area contributed by atoms with Crippen LogP contribution in [0.2, 0.25) is 0 Å². The van der Waals surface area contributed by atoms with Crippen LogP contribution >= 0.6 is 11.8 Å². The number of hydrogen-bond acceptors (Lipinski definition) is 8. The van der Waals surface area contributed by atoms with Gasteiger partial charge in [0.05, 0.1) is 30.3 Å². The number of nitrogens with one attached hydrogen (secondary N) is 1. The van der Waals surface area contributed by atoms with Crippen LogP contribution in [0.1, 0.15) is 39.3 Å². The zero-order valence-electron chi connectivity index (χ0n) is 22.5. The lowest BCUT2D eigenvalue weighted by atomic mass is 10.1. The molecular formula is C29H39N5O3S. The van der Waals surface area contributed by atoms with Gasteiger partial charge in [-0.1, -0.05) is 32.0 Å². The maximum Gasteiger partial charge on any atom is 0.204 e. The fourth-order valence-electron chi connectivity index (χ4n) is 4.04. The van der Waals surface area contributed by atoms with Gasteiger partial charge in [0.15, 0.2) is 5.82 Å². The number of rotatable bonds is 8. The number of aromatic nitrogens is 2. The molecule has 0 radical (unpaired) electrons. The van der Waals surface area contributed by atoms with Crippen LogP contribution < -0.4 is 16.0 Å². The summed E-state index contributed by atoms with van der Waals surface area (Å²) in [5.41, 5.74) is 7.25. The van der Waals surface area contributed by atoms with E-state index in [4.69, 9.17) is 19.5 Å². The minimum absolute atomic E-state index is 0.00749. The Morgan fingerprint density at radius 3 is 2.32 bits per heavy atom. The van der Waals surface area contributed by atoms with Gasteiger partial charge in [-0.3, -0.25) is 4.79 Å². The maximum absolute atomic E-state index is 9.30. The molecule has 1 saturated carbocycles. The second-order valence-electron chi connectivity index (χ2n) is 8.89. The Bertz CT molecular complexity index is 1120. The molecule has 2 heterocycles. The Kier molecular flexibility index (Phi) is 11.4. The number of carbonyl (C=O) groups excluding carboxylic acids is 1. The molecule has 9 heteroatoms. The highest BCUT2D eigenvalue weighted by Gasteiger charge is 2.47. The second kappa shape index (κ2) is 14.7. The number of nitrogens with two attached hydrogens (primary N) is 1. The van der Waals surface area contributed by atoms with Crippen LogP contribution in [0.25, 0.3) is 11.4 Å². The number of aliphatic hydroxyl groups is 1. The number of carbonyl (C=O) groups is 1. The number of hydrogen-bond donors (Lipinski definition) is 3. The third-order valence-electron chi connectivity index (χ3n) is 6.11. The van der Waals surface area contributed by atoms with Crippen LogP contribution in [0.3, 0.4) is 0 Å². The summed E-state index contributed by atoms with van der Waals surface area (Å²) < 4.78 is 5.58. The molecule has 8 nitrogen and oxygen atoms in total. The van der Waals surface area contributed by atoms with Crippen LogP contribution in [-0.2, 0) is 14.3 Å². The molecule has 1 aromatic heterocycles. The number of nitrogens with zero attached hydrogens (tertiary/aromatic N) is 3. The van der Waals surface area contributed by atoms with Crippen LogP contribution in [0.15, 0.2) is 65.6 Å². The van der Waals surface area contributed by atoms with Gasteiger partial charge in [-0.15, -0.1) is 11.8 Å². The number of aliphatic hydroxyl groups excluding tert-OH is 1. The SMILES string of the molecule is CC.C[C@H](CO)Nc1ccc(-c2nc(N3CCOCC3)cc(C3(Sc4ccccc4)CC3)n2)cc1.NC=O. The van der Waals surface area contributed by atoms with Gasteiger partial charge in [0.2, 0.25) is 6.41 Å². The third-order valence-corrected chi connectivity index (χ3v) is 7.62. The predicted octanol–water partition coefficient (Wildman–Crippen LogP) is 4.68. The Balaban J connectivity index is 0.000000748. The predicted molar refractivity (Wildman–Crippen MR) is 155 cm³/mol. The maximum atomic E-state index is 9.30. The van der Waals surface area contributed by atoms with E-state index >= 15 is 0 Å². The molecule has 4 N–H and O–H groups in total. The van der Waals surface area contributed by atoms with Crippen molar-refractivity contribution in [2.24, 2.45) is 5.73 Å². The first kappa shape index (κ1) is 29.4. The number of benzene rings is 2. The molecule has 1 aliphatic heterocycles. The topological polar surface area (TPSA) is 114 Å². The first-order valence-electron chi connectivity index (χ1n) is 13.2. The van der Waals surface area contributed by atoms with E-state index in [-0.39, 0.29) is 23.8 Å². The first-order valence-corrected chi connectivity index (χ1v) is 14.0. The Morgan fingerprint density at radius 2 is 1.74 bits per heavy atom. The van der Waals surface area contributed by atoms with Crippen molar-refractivity contribution in [2.45, 2.75) is 49.3 Å². The van der Waals surface area contributed by atoms with Gasteiger partial charge in [-0.05, 0) is 56.2 Å². The quantitative estimate of drug-likeness (QED) is 0.355. The zero-order chi connectivity index (χ0) is 27.4. The highest BCUT2D eigenvalue weighted by Crippen LogP contribution is 2.59. The first-order chi connectivity index (χ1) is 18.6. The number of morpholine rings is 1. The average Bonchev–Trinajstić information content (AvgIpc) is 3.76. The molecular weight excluding hydrogens is 498 g/mol. The molecule has 2 aromatic carbocycles. The largest absolute Gasteiger partial charge is 0.394 e.